The summed E-state index contributed by atoms with van der Waals surface area (Å²) in [6.45, 7) is 0. The molecule has 0 spiro atoms. The van der Waals surface area contributed by atoms with Crippen molar-refractivity contribution >= 4 is 0 Å². The molecule has 2 rings (SSSR count). The number of aliphatic hydroxyl groups excluding tert-OH is 1. The van der Waals surface area contributed by atoms with Gasteiger partial charge in [-0.15, -0.1) is 0 Å². The van der Waals surface area contributed by atoms with Crippen LogP contribution in [0.3, 0.4) is 0 Å². The van der Waals surface area contributed by atoms with E-state index in [4.69, 9.17) is 9.47 Å². The van der Waals surface area contributed by atoms with Crippen LogP contribution in [0.25, 0.3) is 0 Å². The average molecular weight is 281 g/mol. The Morgan fingerprint density at radius 2 is 2.05 bits per heavy atom. The van der Waals surface area contributed by atoms with Crippen molar-refractivity contribution in [2.45, 2.75) is 37.3 Å². The molecule has 3 atom stereocenters. The molecule has 1 fully saturated rings. The molecule has 0 radical (unpaired) electrons. The third-order valence-electron chi connectivity index (χ3n) is 3.90. The summed E-state index contributed by atoms with van der Waals surface area (Å²) in [5.41, 5.74) is 0.758. The van der Waals surface area contributed by atoms with Gasteiger partial charge in [-0.1, -0.05) is 6.07 Å². The van der Waals surface area contributed by atoms with Crippen LogP contribution in [0.15, 0.2) is 18.2 Å². The monoisotopic (exact) mass is 281 g/mol. The number of benzene rings is 1. The SMILES string of the molecule is COc1ccc(C2CC(O)CCC2[N+](=O)[O-])c(OC)c1. The first-order valence-electron chi connectivity index (χ1n) is 6.60. The second kappa shape index (κ2) is 6.09. The largest absolute Gasteiger partial charge is 0.497 e. The molecule has 0 heterocycles. The summed E-state index contributed by atoms with van der Waals surface area (Å²) in [5.74, 6) is 0.865. The molecule has 0 saturated heterocycles. The van der Waals surface area contributed by atoms with Crippen molar-refractivity contribution in [3.8, 4) is 11.5 Å². The zero-order chi connectivity index (χ0) is 14.7. The molecule has 1 N–H and O–H groups in total. The molecule has 1 aliphatic rings. The quantitative estimate of drug-likeness (QED) is 0.674. The Hall–Kier alpha value is -1.82. The Morgan fingerprint density at radius 1 is 1.30 bits per heavy atom. The number of ether oxygens (including phenoxy) is 2. The van der Waals surface area contributed by atoms with Crippen molar-refractivity contribution in [3.63, 3.8) is 0 Å². The smallest absolute Gasteiger partial charge is 0.220 e. The van der Waals surface area contributed by atoms with E-state index in [0.29, 0.717) is 30.8 Å². The van der Waals surface area contributed by atoms with Gasteiger partial charge < -0.3 is 14.6 Å². The van der Waals surface area contributed by atoms with E-state index in [9.17, 15) is 15.2 Å². The first-order valence-corrected chi connectivity index (χ1v) is 6.60. The summed E-state index contributed by atoms with van der Waals surface area (Å²) >= 11 is 0. The highest BCUT2D eigenvalue weighted by Gasteiger charge is 2.39. The highest BCUT2D eigenvalue weighted by Crippen LogP contribution is 2.40. The first kappa shape index (κ1) is 14.6. The highest BCUT2D eigenvalue weighted by molar-refractivity contribution is 5.43. The molecule has 20 heavy (non-hydrogen) atoms. The van der Waals surface area contributed by atoms with Crippen LogP contribution in [0.4, 0.5) is 0 Å². The predicted octanol–water partition coefficient (Wildman–Crippen LogP) is 1.98. The lowest BCUT2D eigenvalue weighted by Crippen LogP contribution is -2.35. The van der Waals surface area contributed by atoms with Gasteiger partial charge in [-0.05, 0) is 18.9 Å². The number of methoxy groups -OCH3 is 2. The van der Waals surface area contributed by atoms with Gasteiger partial charge in [0.25, 0.3) is 0 Å². The van der Waals surface area contributed by atoms with Gasteiger partial charge in [0, 0.05) is 23.0 Å². The van der Waals surface area contributed by atoms with E-state index in [-0.39, 0.29) is 10.8 Å². The molecule has 6 heteroatoms. The molecule has 0 bridgehead atoms. The summed E-state index contributed by atoms with van der Waals surface area (Å²) in [7, 11) is 3.08. The van der Waals surface area contributed by atoms with Crippen LogP contribution < -0.4 is 9.47 Å². The maximum atomic E-state index is 11.2. The number of hydrogen-bond donors (Lipinski definition) is 1. The second-order valence-electron chi connectivity index (χ2n) is 5.03. The van der Waals surface area contributed by atoms with Crippen LogP contribution in [0, 0.1) is 10.1 Å². The van der Waals surface area contributed by atoms with E-state index < -0.39 is 12.1 Å². The maximum Gasteiger partial charge on any atom is 0.220 e. The van der Waals surface area contributed by atoms with E-state index in [0.717, 1.165) is 5.56 Å². The summed E-state index contributed by atoms with van der Waals surface area (Å²) < 4.78 is 10.5. The molecule has 1 aliphatic carbocycles. The van der Waals surface area contributed by atoms with E-state index >= 15 is 0 Å². The predicted molar refractivity (Wildman–Crippen MR) is 72.9 cm³/mol. The molecule has 1 aromatic rings. The molecule has 0 aliphatic heterocycles. The van der Waals surface area contributed by atoms with Gasteiger partial charge in [-0.25, -0.2) is 0 Å². The van der Waals surface area contributed by atoms with E-state index in [1.807, 2.05) is 0 Å². The van der Waals surface area contributed by atoms with Crippen molar-refractivity contribution in [3.05, 3.63) is 33.9 Å². The van der Waals surface area contributed by atoms with Gasteiger partial charge in [-0.2, -0.15) is 0 Å². The molecule has 0 aromatic heterocycles. The van der Waals surface area contributed by atoms with Crippen molar-refractivity contribution < 1.29 is 19.5 Å². The molecular formula is C14H19NO5. The number of hydrogen-bond acceptors (Lipinski definition) is 5. The first-order chi connectivity index (χ1) is 9.56. The lowest BCUT2D eigenvalue weighted by atomic mass is 9.78. The Kier molecular flexibility index (Phi) is 4.44. The molecule has 3 unspecified atom stereocenters. The zero-order valence-electron chi connectivity index (χ0n) is 11.6. The fraction of sp³-hybridized carbons (Fsp3) is 0.571. The molecule has 6 nitrogen and oxygen atoms in total. The fourth-order valence-electron chi connectivity index (χ4n) is 2.84. The minimum Gasteiger partial charge on any atom is -0.497 e. The van der Waals surface area contributed by atoms with E-state index in [1.165, 1.54) is 7.11 Å². The minimum atomic E-state index is -0.680. The molecular weight excluding hydrogens is 262 g/mol. The van der Waals surface area contributed by atoms with E-state index in [1.54, 1.807) is 25.3 Å². The Morgan fingerprint density at radius 3 is 2.65 bits per heavy atom. The van der Waals surface area contributed by atoms with Gasteiger partial charge in [0.15, 0.2) is 0 Å². The van der Waals surface area contributed by atoms with Crippen molar-refractivity contribution in [1.29, 1.82) is 0 Å². The van der Waals surface area contributed by atoms with Crippen LogP contribution in [-0.2, 0) is 0 Å². The minimum absolute atomic E-state index is 0.250. The van der Waals surface area contributed by atoms with Gasteiger partial charge in [0.05, 0.1) is 26.2 Å². The normalized spacial score (nSPS) is 26.1. The standard InChI is InChI=1S/C14H19NO5/c1-19-10-4-5-11(14(8-10)20-2)12-7-9(16)3-6-13(12)15(17)18/h4-5,8-9,12-13,16H,3,6-7H2,1-2H3. The van der Waals surface area contributed by atoms with Crippen LogP contribution in [0.1, 0.15) is 30.7 Å². The summed E-state index contributed by atoms with van der Waals surface area (Å²) in [6, 6.07) is 4.58. The summed E-state index contributed by atoms with van der Waals surface area (Å²) in [5, 5.41) is 21.0. The highest BCUT2D eigenvalue weighted by atomic mass is 16.6. The molecule has 110 valence electrons. The second-order valence-corrected chi connectivity index (χ2v) is 5.03. The van der Waals surface area contributed by atoms with Crippen molar-refractivity contribution in [2.24, 2.45) is 0 Å². The van der Waals surface area contributed by atoms with Crippen LogP contribution >= 0.6 is 0 Å². The van der Waals surface area contributed by atoms with Gasteiger partial charge in [0.2, 0.25) is 6.04 Å². The number of nitrogens with zero attached hydrogens (tertiary/aromatic N) is 1. The van der Waals surface area contributed by atoms with Crippen LogP contribution in [0.5, 0.6) is 11.5 Å². The number of nitro groups is 1. The van der Waals surface area contributed by atoms with Crippen LogP contribution in [-0.4, -0.2) is 36.4 Å². The van der Waals surface area contributed by atoms with Gasteiger partial charge in [0.1, 0.15) is 11.5 Å². The third kappa shape index (κ3) is 2.85. The third-order valence-corrected chi connectivity index (χ3v) is 3.90. The maximum absolute atomic E-state index is 11.2. The van der Waals surface area contributed by atoms with E-state index in [2.05, 4.69) is 0 Å². The topological polar surface area (TPSA) is 81.8 Å². The van der Waals surface area contributed by atoms with Crippen molar-refractivity contribution in [1.82, 2.24) is 0 Å². The molecule has 1 aromatic carbocycles. The van der Waals surface area contributed by atoms with Gasteiger partial charge >= 0.3 is 0 Å². The number of rotatable bonds is 4. The fourth-order valence-corrected chi connectivity index (χ4v) is 2.84. The molecule has 0 amide bonds. The lowest BCUT2D eigenvalue weighted by molar-refractivity contribution is -0.531. The Labute approximate surface area is 117 Å². The van der Waals surface area contributed by atoms with Crippen LogP contribution in [0.2, 0.25) is 0 Å². The summed E-state index contributed by atoms with van der Waals surface area (Å²) in [6.07, 6.45) is 0.742. The van der Waals surface area contributed by atoms with Gasteiger partial charge in [-0.3, -0.25) is 10.1 Å². The lowest BCUT2D eigenvalue weighted by Gasteiger charge is -2.30. The Bertz CT molecular complexity index is 490. The molecule has 1 saturated carbocycles. The average Bonchev–Trinajstić information content (AvgIpc) is 2.46. The van der Waals surface area contributed by atoms with Crippen molar-refractivity contribution in [2.75, 3.05) is 14.2 Å². The number of aliphatic hydroxyl groups is 1. The Balaban J connectivity index is 2.38. The summed E-state index contributed by atoms with van der Waals surface area (Å²) in [4.78, 5) is 11.0. The zero-order valence-corrected chi connectivity index (χ0v) is 11.6.